The molecule has 34 heavy (non-hydrogen) atoms. The Morgan fingerprint density at radius 3 is 2.29 bits per heavy atom. The third-order valence-electron chi connectivity index (χ3n) is 4.62. The number of nitrogens with zero attached hydrogens (tertiary/aromatic N) is 5. The summed E-state index contributed by atoms with van der Waals surface area (Å²) in [7, 11) is 0. The van der Waals surface area contributed by atoms with Crippen LogP contribution in [0.2, 0.25) is 0 Å². The van der Waals surface area contributed by atoms with Gasteiger partial charge in [-0.25, -0.2) is 5.84 Å². The third-order valence-corrected chi connectivity index (χ3v) is 5.25. The number of rotatable bonds is 6. The van der Waals surface area contributed by atoms with Crippen molar-refractivity contribution < 1.29 is 14.6 Å². The Morgan fingerprint density at radius 2 is 1.71 bits per heavy atom. The van der Waals surface area contributed by atoms with E-state index in [1.807, 2.05) is 12.1 Å². The molecule has 0 saturated carbocycles. The van der Waals surface area contributed by atoms with Crippen molar-refractivity contribution in [2.75, 3.05) is 6.67 Å². The smallest absolute Gasteiger partial charge is 0.283 e. The maximum Gasteiger partial charge on any atom is 0.283 e. The molecule has 0 atom stereocenters. The van der Waals surface area contributed by atoms with E-state index in [1.165, 1.54) is 41.7 Å². The van der Waals surface area contributed by atoms with Crippen LogP contribution in [0, 0.1) is 20.2 Å². The van der Waals surface area contributed by atoms with Crippen molar-refractivity contribution in [3.05, 3.63) is 114 Å². The van der Waals surface area contributed by atoms with Crippen LogP contribution in [0.1, 0.15) is 21.5 Å². The lowest BCUT2D eigenvalue weighted by Crippen LogP contribution is -2.31. The number of hydrazone groups is 1. The Kier molecular flexibility index (Phi) is 8.01. The van der Waals surface area contributed by atoms with Crippen molar-refractivity contribution in [1.82, 2.24) is 10.0 Å². The maximum absolute atomic E-state index is 12.1. The molecule has 0 spiro atoms. The van der Waals surface area contributed by atoms with Gasteiger partial charge in [0, 0.05) is 29.3 Å². The Hall–Kier alpha value is -4.16. The van der Waals surface area contributed by atoms with Crippen LogP contribution in [0.4, 0.5) is 11.4 Å². The summed E-state index contributed by atoms with van der Waals surface area (Å²) in [4.78, 5) is 32.4. The van der Waals surface area contributed by atoms with E-state index < -0.39 is 9.85 Å². The highest BCUT2D eigenvalue weighted by atomic mass is 79.9. The average Bonchev–Trinajstić information content (AvgIpc) is 3.23. The topological polar surface area (TPSA) is 148 Å². The number of hydrogen-bond donors (Lipinski definition) is 1. The van der Waals surface area contributed by atoms with Gasteiger partial charge in [-0.1, -0.05) is 42.5 Å². The Bertz CT molecular complexity index is 1240. The number of benzene rings is 3. The van der Waals surface area contributed by atoms with E-state index >= 15 is 0 Å². The van der Waals surface area contributed by atoms with Gasteiger partial charge in [-0.3, -0.25) is 35.0 Å². The standard InChI is InChI=1S/C13H8BrNO3.C9H11N5O2/c14-11-8-10(6-7-12(11)15(17)18)13(16)9-4-2-1-3-5-9;10-12-6-11-13(7-12)5-8-2-1-3-9(4-8)14(15)16/h1-8H;1-4,6H,5,7,10H2. The van der Waals surface area contributed by atoms with Gasteiger partial charge in [0.05, 0.1) is 20.9 Å². The molecule has 0 radical (unpaired) electrons. The predicted octanol–water partition coefficient (Wildman–Crippen LogP) is 4.08. The number of nitro groups is 2. The second-order valence-corrected chi connectivity index (χ2v) is 7.95. The number of hydrogen-bond acceptors (Lipinski definition) is 9. The van der Waals surface area contributed by atoms with Crippen LogP contribution in [0.3, 0.4) is 0 Å². The molecule has 0 amide bonds. The van der Waals surface area contributed by atoms with Gasteiger partial charge in [0.1, 0.15) is 13.0 Å². The van der Waals surface area contributed by atoms with Crippen LogP contribution in [0.25, 0.3) is 0 Å². The van der Waals surface area contributed by atoms with Crippen molar-refractivity contribution in [3.8, 4) is 0 Å². The Labute approximate surface area is 202 Å². The number of carbonyl (C=O) groups is 1. The average molecular weight is 527 g/mol. The molecule has 3 aromatic carbocycles. The van der Waals surface area contributed by atoms with E-state index in [4.69, 9.17) is 5.84 Å². The fraction of sp³-hybridized carbons (Fsp3) is 0.0909. The summed E-state index contributed by atoms with van der Waals surface area (Å²) >= 11 is 3.09. The minimum absolute atomic E-state index is 0.0559. The van der Waals surface area contributed by atoms with Gasteiger partial charge in [-0.2, -0.15) is 5.10 Å². The zero-order valence-electron chi connectivity index (χ0n) is 17.7. The Balaban J connectivity index is 0.000000192. The van der Waals surface area contributed by atoms with E-state index in [0.717, 1.165) is 5.56 Å². The molecule has 11 nitrogen and oxygen atoms in total. The second kappa shape index (κ2) is 11.1. The SMILES string of the molecule is NN1C=NN(Cc2cccc([N+](=O)[O-])c2)C1.O=C(c1ccccc1)c1ccc([N+](=O)[O-])c(Br)c1. The lowest BCUT2D eigenvalue weighted by molar-refractivity contribution is -0.385. The summed E-state index contributed by atoms with van der Waals surface area (Å²) in [5.74, 6) is 5.33. The molecule has 1 aliphatic heterocycles. The van der Waals surface area contributed by atoms with Gasteiger partial charge in [-0.05, 0) is 33.6 Å². The molecule has 0 saturated heterocycles. The van der Waals surface area contributed by atoms with Crippen LogP contribution in [0.15, 0.2) is 82.4 Å². The minimum Gasteiger partial charge on any atom is -0.289 e. The zero-order chi connectivity index (χ0) is 24.7. The molecule has 0 bridgehead atoms. The monoisotopic (exact) mass is 526 g/mol. The summed E-state index contributed by atoms with van der Waals surface area (Å²) in [6, 6.07) is 19.5. The van der Waals surface area contributed by atoms with Crippen LogP contribution < -0.4 is 5.84 Å². The number of carbonyl (C=O) groups excluding carboxylic acids is 1. The summed E-state index contributed by atoms with van der Waals surface area (Å²) in [6.07, 6.45) is 1.51. The van der Waals surface area contributed by atoms with Gasteiger partial charge >= 0.3 is 0 Å². The summed E-state index contributed by atoms with van der Waals surface area (Å²) in [6.45, 7) is 0.995. The fourth-order valence-electron chi connectivity index (χ4n) is 3.02. The van der Waals surface area contributed by atoms with Crippen LogP contribution >= 0.6 is 15.9 Å². The molecule has 12 heteroatoms. The number of ketones is 1. The molecule has 0 fully saturated rings. The molecule has 3 aromatic rings. The van der Waals surface area contributed by atoms with Gasteiger partial charge in [0.25, 0.3) is 11.4 Å². The number of nitro benzene ring substituents is 2. The molecule has 1 heterocycles. The second-order valence-electron chi connectivity index (χ2n) is 7.10. The normalized spacial score (nSPS) is 12.2. The molecule has 1 aliphatic rings. The van der Waals surface area contributed by atoms with E-state index in [-0.39, 0.29) is 17.2 Å². The number of hydrazine groups is 1. The lowest BCUT2D eigenvalue weighted by atomic mass is 10.0. The van der Waals surface area contributed by atoms with E-state index in [9.17, 15) is 25.0 Å². The molecule has 174 valence electrons. The van der Waals surface area contributed by atoms with Crippen molar-refractivity contribution in [1.29, 1.82) is 0 Å². The van der Waals surface area contributed by atoms with Crippen LogP contribution in [0.5, 0.6) is 0 Å². The van der Waals surface area contributed by atoms with Crippen molar-refractivity contribution in [2.24, 2.45) is 10.9 Å². The van der Waals surface area contributed by atoms with Crippen molar-refractivity contribution in [3.63, 3.8) is 0 Å². The van der Waals surface area contributed by atoms with Crippen LogP contribution in [-0.2, 0) is 6.54 Å². The molecule has 0 unspecified atom stereocenters. The first-order chi connectivity index (χ1) is 16.2. The molecular formula is C22H19BrN6O5. The highest BCUT2D eigenvalue weighted by Crippen LogP contribution is 2.26. The first kappa shape index (κ1) is 24.5. The number of nitrogens with two attached hydrogens (primary N) is 1. The minimum atomic E-state index is -0.499. The first-order valence-corrected chi connectivity index (χ1v) is 10.6. The third kappa shape index (κ3) is 6.43. The lowest BCUT2D eigenvalue weighted by Gasteiger charge is -2.15. The highest BCUT2D eigenvalue weighted by Gasteiger charge is 2.16. The van der Waals surface area contributed by atoms with E-state index in [2.05, 4.69) is 21.0 Å². The van der Waals surface area contributed by atoms with E-state index in [0.29, 0.717) is 28.8 Å². The van der Waals surface area contributed by atoms with Gasteiger partial charge in [0.2, 0.25) is 0 Å². The maximum atomic E-state index is 12.1. The summed E-state index contributed by atoms with van der Waals surface area (Å²) in [5.41, 5.74) is 1.84. The van der Waals surface area contributed by atoms with Gasteiger partial charge < -0.3 is 0 Å². The fourth-order valence-corrected chi connectivity index (χ4v) is 3.55. The van der Waals surface area contributed by atoms with E-state index in [1.54, 1.807) is 35.3 Å². The number of non-ortho nitro benzene ring substituents is 1. The van der Waals surface area contributed by atoms with Crippen molar-refractivity contribution >= 4 is 39.4 Å². The van der Waals surface area contributed by atoms with Gasteiger partial charge in [-0.15, -0.1) is 0 Å². The quantitative estimate of drug-likeness (QED) is 0.218. The van der Waals surface area contributed by atoms with Crippen molar-refractivity contribution in [2.45, 2.75) is 6.54 Å². The predicted molar refractivity (Wildman–Crippen MR) is 129 cm³/mol. The first-order valence-electron chi connectivity index (χ1n) is 9.82. The largest absolute Gasteiger partial charge is 0.289 e. The molecular weight excluding hydrogens is 508 g/mol. The molecule has 4 rings (SSSR count). The van der Waals surface area contributed by atoms with Crippen LogP contribution in [-0.4, -0.2) is 38.7 Å². The molecule has 0 aromatic heterocycles. The van der Waals surface area contributed by atoms with Gasteiger partial charge in [0.15, 0.2) is 5.78 Å². The Morgan fingerprint density at radius 1 is 0.971 bits per heavy atom. The number of halogens is 1. The zero-order valence-corrected chi connectivity index (χ0v) is 19.2. The highest BCUT2D eigenvalue weighted by molar-refractivity contribution is 9.10. The summed E-state index contributed by atoms with van der Waals surface area (Å²) < 4.78 is 0.300. The molecule has 2 N–H and O–H groups in total. The summed E-state index contributed by atoms with van der Waals surface area (Å²) in [5, 5.41) is 28.4. The molecule has 0 aliphatic carbocycles.